The third kappa shape index (κ3) is 3.63. The van der Waals surface area contributed by atoms with Crippen LogP contribution in [0.25, 0.3) is 0 Å². The first-order chi connectivity index (χ1) is 15.0. The Morgan fingerprint density at radius 2 is 2.16 bits per heavy atom. The molecular weight excluding hydrogens is 403 g/mol. The zero-order chi connectivity index (χ0) is 21.5. The van der Waals surface area contributed by atoms with Crippen molar-refractivity contribution in [1.82, 2.24) is 19.7 Å². The van der Waals surface area contributed by atoms with Crippen molar-refractivity contribution in [2.24, 2.45) is 4.99 Å². The van der Waals surface area contributed by atoms with Gasteiger partial charge in [0.25, 0.3) is 5.91 Å². The van der Waals surface area contributed by atoms with Crippen molar-refractivity contribution in [1.29, 1.82) is 0 Å². The van der Waals surface area contributed by atoms with Crippen molar-refractivity contribution < 1.29 is 13.9 Å². The van der Waals surface area contributed by atoms with E-state index in [4.69, 9.17) is 10.5 Å². The van der Waals surface area contributed by atoms with Gasteiger partial charge >= 0.3 is 0 Å². The molecule has 164 valence electrons. The molecule has 5 rings (SSSR count). The summed E-state index contributed by atoms with van der Waals surface area (Å²) in [6.07, 6.45) is 3.25. The number of nitrogen functional groups attached to an aromatic ring is 1. The summed E-state index contributed by atoms with van der Waals surface area (Å²) in [4.78, 5) is 26.0. The van der Waals surface area contributed by atoms with E-state index in [1.807, 2.05) is 6.07 Å². The molecule has 1 amide bonds. The molecule has 0 spiro atoms. The lowest BCUT2D eigenvalue weighted by atomic mass is 10.1. The highest BCUT2D eigenvalue weighted by molar-refractivity contribution is 6.11. The lowest BCUT2D eigenvalue weighted by Gasteiger charge is -2.46. The molecule has 0 aliphatic carbocycles. The van der Waals surface area contributed by atoms with E-state index >= 15 is 0 Å². The molecule has 31 heavy (non-hydrogen) atoms. The van der Waals surface area contributed by atoms with E-state index in [0.29, 0.717) is 11.7 Å². The molecule has 0 radical (unpaired) electrons. The van der Waals surface area contributed by atoms with E-state index in [1.165, 1.54) is 4.68 Å². The molecule has 3 N–H and O–H groups in total. The Balaban J connectivity index is 1.36. The second kappa shape index (κ2) is 7.89. The van der Waals surface area contributed by atoms with Crippen LogP contribution in [0.4, 0.5) is 27.4 Å². The zero-order valence-corrected chi connectivity index (χ0v) is 17.2. The summed E-state index contributed by atoms with van der Waals surface area (Å²) in [5, 5.41) is 6.98. The van der Waals surface area contributed by atoms with Gasteiger partial charge in [0.2, 0.25) is 0 Å². The van der Waals surface area contributed by atoms with Gasteiger partial charge < -0.3 is 20.7 Å². The topological polar surface area (TPSA) is 114 Å². The van der Waals surface area contributed by atoms with Gasteiger partial charge in [-0.2, -0.15) is 5.10 Å². The summed E-state index contributed by atoms with van der Waals surface area (Å²) >= 11 is 0. The average Bonchev–Trinajstić information content (AvgIpc) is 3.02. The Morgan fingerprint density at radius 1 is 1.32 bits per heavy atom. The Bertz CT molecular complexity index is 1020. The van der Waals surface area contributed by atoms with Crippen molar-refractivity contribution >= 4 is 35.1 Å². The predicted molar refractivity (Wildman–Crippen MR) is 115 cm³/mol. The molecule has 3 aliphatic heterocycles. The van der Waals surface area contributed by atoms with Gasteiger partial charge in [-0.3, -0.25) is 14.7 Å². The zero-order valence-electron chi connectivity index (χ0n) is 17.2. The number of nitrogens with one attached hydrogen (secondary N) is 1. The SMILES string of the molecule is C[C@H]1CN(C2COC2)CCN1c1ccncc1NC(=O)c1c(N)nn2c1N=CC(F)C2. The van der Waals surface area contributed by atoms with Crippen molar-refractivity contribution in [3.63, 3.8) is 0 Å². The fraction of sp³-hybridized carbons (Fsp3) is 0.500. The van der Waals surface area contributed by atoms with Crippen LogP contribution >= 0.6 is 0 Å². The number of ether oxygens (including phenoxy) is 1. The van der Waals surface area contributed by atoms with Crippen LogP contribution in [0.1, 0.15) is 17.3 Å². The van der Waals surface area contributed by atoms with Gasteiger partial charge in [-0.1, -0.05) is 0 Å². The second-order valence-electron chi connectivity index (χ2n) is 8.14. The second-order valence-corrected chi connectivity index (χ2v) is 8.14. The van der Waals surface area contributed by atoms with Crippen LogP contribution in [-0.2, 0) is 11.3 Å². The molecule has 2 aromatic rings. The predicted octanol–water partition coefficient (Wildman–Crippen LogP) is 1.08. The number of pyridine rings is 1. The fourth-order valence-electron chi connectivity index (χ4n) is 4.34. The number of carbonyl (C=O) groups excluding carboxylic acids is 1. The number of amides is 1. The van der Waals surface area contributed by atoms with Gasteiger partial charge in [-0.05, 0) is 13.0 Å². The first-order valence-electron chi connectivity index (χ1n) is 10.4. The lowest BCUT2D eigenvalue weighted by molar-refractivity contribution is -0.0691. The third-order valence-corrected chi connectivity index (χ3v) is 6.04. The molecule has 2 atom stereocenters. The molecular formula is C20H25FN8O2. The van der Waals surface area contributed by atoms with E-state index in [9.17, 15) is 9.18 Å². The molecule has 5 heterocycles. The number of aliphatic imine (C=N–C) groups is 1. The van der Waals surface area contributed by atoms with E-state index in [0.717, 1.165) is 44.8 Å². The monoisotopic (exact) mass is 428 g/mol. The van der Waals surface area contributed by atoms with E-state index in [-0.39, 0.29) is 29.8 Å². The van der Waals surface area contributed by atoms with Crippen LogP contribution in [0.5, 0.6) is 0 Å². The Hall–Kier alpha value is -3.05. The van der Waals surface area contributed by atoms with E-state index in [1.54, 1.807) is 12.4 Å². The molecule has 10 nitrogen and oxygen atoms in total. The van der Waals surface area contributed by atoms with Gasteiger partial charge in [0, 0.05) is 38.1 Å². The molecule has 2 saturated heterocycles. The van der Waals surface area contributed by atoms with Crippen LogP contribution in [-0.4, -0.2) is 82.9 Å². The number of fused-ring (bicyclic) bond motifs is 1. The highest BCUT2D eigenvalue weighted by Gasteiger charge is 2.33. The minimum Gasteiger partial charge on any atom is -0.381 e. The third-order valence-electron chi connectivity index (χ3n) is 6.04. The summed E-state index contributed by atoms with van der Waals surface area (Å²) in [7, 11) is 0. The Labute approximate surface area is 178 Å². The minimum atomic E-state index is -1.25. The number of aromatic nitrogens is 3. The van der Waals surface area contributed by atoms with Gasteiger partial charge in [0.15, 0.2) is 17.8 Å². The maximum Gasteiger partial charge on any atom is 0.263 e. The number of hydrogen-bond donors (Lipinski definition) is 2. The molecule has 0 bridgehead atoms. The molecule has 0 aromatic carbocycles. The van der Waals surface area contributed by atoms with Crippen LogP contribution in [0.15, 0.2) is 23.5 Å². The summed E-state index contributed by atoms with van der Waals surface area (Å²) in [5.41, 5.74) is 7.58. The summed E-state index contributed by atoms with van der Waals surface area (Å²) in [5.74, 6) is -0.159. The first kappa shape index (κ1) is 19.9. The summed E-state index contributed by atoms with van der Waals surface area (Å²) < 4.78 is 20.2. The summed E-state index contributed by atoms with van der Waals surface area (Å²) in [6.45, 7) is 6.44. The maximum absolute atomic E-state index is 13.6. The normalized spacial score (nSPS) is 24.0. The number of nitrogens with two attached hydrogens (primary N) is 1. The fourth-order valence-corrected chi connectivity index (χ4v) is 4.34. The van der Waals surface area contributed by atoms with Gasteiger partial charge in [0.1, 0.15) is 5.56 Å². The number of rotatable bonds is 4. The largest absolute Gasteiger partial charge is 0.381 e. The standard InChI is InChI=1S/C20H25FN8O2/c1-12-8-27(14-10-31-11-14)4-5-28(12)16-2-3-23-7-15(16)25-20(30)17-18(22)26-29-9-13(21)6-24-19(17)29/h2-3,6-7,12-14H,4-5,8-11H2,1H3,(H2,22,26)(H,25,30)/t12-,13?/m0/s1. The van der Waals surface area contributed by atoms with Crippen LogP contribution < -0.4 is 16.0 Å². The number of halogens is 1. The molecule has 3 aliphatic rings. The molecule has 1 unspecified atom stereocenters. The number of carbonyl (C=O) groups is 1. The number of alkyl halides is 1. The minimum absolute atomic E-state index is 0.0116. The van der Waals surface area contributed by atoms with Crippen molar-refractivity contribution in [3.8, 4) is 0 Å². The molecule has 2 fully saturated rings. The maximum atomic E-state index is 13.6. The van der Waals surface area contributed by atoms with E-state index in [2.05, 4.69) is 37.1 Å². The van der Waals surface area contributed by atoms with Crippen molar-refractivity contribution in [2.75, 3.05) is 48.8 Å². The average molecular weight is 428 g/mol. The van der Waals surface area contributed by atoms with Gasteiger partial charge in [-0.15, -0.1) is 0 Å². The van der Waals surface area contributed by atoms with Crippen LogP contribution in [0.2, 0.25) is 0 Å². The van der Waals surface area contributed by atoms with Gasteiger partial charge in [-0.25, -0.2) is 14.1 Å². The molecule has 0 saturated carbocycles. The van der Waals surface area contributed by atoms with Crippen molar-refractivity contribution in [2.45, 2.75) is 31.7 Å². The first-order valence-corrected chi connectivity index (χ1v) is 10.4. The van der Waals surface area contributed by atoms with Crippen LogP contribution in [0.3, 0.4) is 0 Å². The molecule has 11 heteroatoms. The number of nitrogens with zero attached hydrogens (tertiary/aromatic N) is 6. The van der Waals surface area contributed by atoms with Crippen molar-refractivity contribution in [3.05, 3.63) is 24.0 Å². The summed E-state index contributed by atoms with van der Waals surface area (Å²) in [6, 6.07) is 2.66. The quantitative estimate of drug-likeness (QED) is 0.749. The highest BCUT2D eigenvalue weighted by atomic mass is 19.1. The highest BCUT2D eigenvalue weighted by Crippen LogP contribution is 2.32. The Kier molecular flexibility index (Phi) is 5.06. The number of anilines is 3. The Morgan fingerprint density at radius 3 is 2.90 bits per heavy atom. The lowest BCUT2D eigenvalue weighted by Crippen LogP contribution is -2.59. The molecule has 2 aromatic heterocycles. The van der Waals surface area contributed by atoms with Gasteiger partial charge in [0.05, 0.1) is 43.4 Å². The number of hydrogen-bond acceptors (Lipinski definition) is 8. The smallest absolute Gasteiger partial charge is 0.263 e. The number of piperazine rings is 1. The van der Waals surface area contributed by atoms with E-state index < -0.39 is 12.1 Å². The van der Waals surface area contributed by atoms with Crippen LogP contribution in [0, 0.1) is 0 Å².